The molecule has 0 saturated carbocycles. The van der Waals surface area contributed by atoms with Crippen LogP contribution in [0.25, 0.3) is 6.08 Å². The Bertz CT molecular complexity index is 825. The zero-order chi connectivity index (χ0) is 18.4. The van der Waals surface area contributed by atoms with E-state index in [1.54, 1.807) is 19.9 Å². The molecule has 0 atom stereocenters. The molecule has 0 aliphatic rings. The highest BCUT2D eigenvalue weighted by molar-refractivity contribution is 7.18. The highest BCUT2D eigenvalue weighted by atomic mass is 32.1. The zero-order valence-corrected chi connectivity index (χ0v) is 14.7. The molecule has 0 fully saturated rings. The number of primary amides is 1. The van der Waals surface area contributed by atoms with E-state index in [0.29, 0.717) is 5.56 Å². The fraction of sp³-hybridized carbons (Fsp3) is 0.167. The standard InChI is InChI=1S/C18H18N2O4S/c1-3-24-18(23)15-11(2)14(16(19)22)17(25-15)20-13(21)10-9-12-7-5-4-6-8-12/h4-10H,3H2,1-2H3,(H2,19,22)(H,20,21)/b10-9+. The Hall–Kier alpha value is -2.93. The van der Waals surface area contributed by atoms with Crippen LogP contribution in [0.4, 0.5) is 5.00 Å². The molecule has 3 N–H and O–H groups in total. The van der Waals surface area contributed by atoms with Crippen molar-refractivity contribution in [1.82, 2.24) is 0 Å². The second-order valence-electron chi connectivity index (χ2n) is 5.08. The van der Waals surface area contributed by atoms with Gasteiger partial charge in [0.2, 0.25) is 5.91 Å². The Labute approximate surface area is 149 Å². The topological polar surface area (TPSA) is 98.5 Å². The number of anilines is 1. The van der Waals surface area contributed by atoms with E-state index in [4.69, 9.17) is 10.5 Å². The summed E-state index contributed by atoms with van der Waals surface area (Å²) < 4.78 is 4.96. The normalized spacial score (nSPS) is 10.6. The summed E-state index contributed by atoms with van der Waals surface area (Å²) in [5, 5.41) is 2.84. The predicted octanol–water partition coefficient (Wildman–Crippen LogP) is 2.98. The SMILES string of the molecule is CCOC(=O)c1sc(NC(=O)/C=C/c2ccccc2)c(C(N)=O)c1C. The number of nitrogens with one attached hydrogen (secondary N) is 1. The van der Waals surface area contributed by atoms with Crippen LogP contribution >= 0.6 is 11.3 Å². The van der Waals surface area contributed by atoms with Crippen LogP contribution in [0.2, 0.25) is 0 Å². The van der Waals surface area contributed by atoms with Crippen molar-refractivity contribution in [3.63, 3.8) is 0 Å². The number of amides is 2. The van der Waals surface area contributed by atoms with Crippen LogP contribution in [0, 0.1) is 6.92 Å². The van der Waals surface area contributed by atoms with Gasteiger partial charge < -0.3 is 15.8 Å². The predicted molar refractivity (Wildman–Crippen MR) is 97.6 cm³/mol. The van der Waals surface area contributed by atoms with Crippen molar-refractivity contribution in [2.24, 2.45) is 5.73 Å². The number of nitrogens with two attached hydrogens (primary N) is 1. The summed E-state index contributed by atoms with van der Waals surface area (Å²) in [7, 11) is 0. The van der Waals surface area contributed by atoms with E-state index in [1.807, 2.05) is 30.3 Å². The minimum Gasteiger partial charge on any atom is -0.462 e. The molecule has 0 bridgehead atoms. The molecule has 0 saturated heterocycles. The van der Waals surface area contributed by atoms with Crippen LogP contribution in [0.15, 0.2) is 36.4 Å². The quantitative estimate of drug-likeness (QED) is 0.612. The van der Waals surface area contributed by atoms with Gasteiger partial charge in [0.15, 0.2) is 0 Å². The van der Waals surface area contributed by atoms with E-state index < -0.39 is 17.8 Å². The second-order valence-corrected chi connectivity index (χ2v) is 6.10. The monoisotopic (exact) mass is 358 g/mol. The molecule has 0 unspecified atom stereocenters. The molecule has 2 amide bonds. The minimum atomic E-state index is -0.716. The fourth-order valence-corrected chi connectivity index (χ4v) is 3.29. The van der Waals surface area contributed by atoms with Crippen LogP contribution in [-0.2, 0) is 9.53 Å². The summed E-state index contributed by atoms with van der Waals surface area (Å²) in [5.41, 5.74) is 6.77. The van der Waals surface area contributed by atoms with Gasteiger partial charge in [-0.15, -0.1) is 11.3 Å². The molecule has 130 valence electrons. The Balaban J connectivity index is 2.24. The Kier molecular flexibility index (Phi) is 6.08. The molecule has 0 aliphatic carbocycles. The smallest absolute Gasteiger partial charge is 0.348 e. The summed E-state index contributed by atoms with van der Waals surface area (Å²) in [6.07, 6.45) is 2.99. The largest absolute Gasteiger partial charge is 0.462 e. The summed E-state index contributed by atoms with van der Waals surface area (Å²) in [5.74, 6) is -1.69. The van der Waals surface area contributed by atoms with E-state index in [9.17, 15) is 14.4 Å². The first-order valence-electron chi connectivity index (χ1n) is 7.58. The molecular weight excluding hydrogens is 340 g/mol. The maximum Gasteiger partial charge on any atom is 0.348 e. The number of ether oxygens (including phenoxy) is 1. The number of carbonyl (C=O) groups excluding carboxylic acids is 3. The molecule has 0 radical (unpaired) electrons. The molecule has 25 heavy (non-hydrogen) atoms. The number of benzene rings is 1. The highest BCUT2D eigenvalue weighted by Gasteiger charge is 2.24. The van der Waals surface area contributed by atoms with Gasteiger partial charge in [-0.05, 0) is 31.1 Å². The van der Waals surface area contributed by atoms with Gasteiger partial charge in [-0.1, -0.05) is 30.3 Å². The molecule has 0 spiro atoms. The third-order valence-electron chi connectivity index (χ3n) is 3.32. The van der Waals surface area contributed by atoms with E-state index in [2.05, 4.69) is 5.32 Å². The lowest BCUT2D eigenvalue weighted by Crippen LogP contribution is -2.16. The molecular formula is C18H18N2O4S. The lowest BCUT2D eigenvalue weighted by atomic mass is 10.1. The van der Waals surface area contributed by atoms with Crippen LogP contribution in [-0.4, -0.2) is 24.4 Å². The number of esters is 1. The van der Waals surface area contributed by atoms with Gasteiger partial charge >= 0.3 is 5.97 Å². The van der Waals surface area contributed by atoms with Gasteiger partial charge in [0.25, 0.3) is 5.91 Å². The minimum absolute atomic E-state index is 0.120. The van der Waals surface area contributed by atoms with Crippen molar-refractivity contribution in [2.75, 3.05) is 11.9 Å². The van der Waals surface area contributed by atoms with Crippen molar-refractivity contribution in [1.29, 1.82) is 0 Å². The van der Waals surface area contributed by atoms with E-state index >= 15 is 0 Å². The maximum absolute atomic E-state index is 12.1. The lowest BCUT2D eigenvalue weighted by Gasteiger charge is -2.02. The molecule has 6 nitrogen and oxygen atoms in total. The number of carbonyl (C=O) groups is 3. The molecule has 1 heterocycles. The molecule has 7 heteroatoms. The Morgan fingerprint density at radius 2 is 1.92 bits per heavy atom. The van der Waals surface area contributed by atoms with E-state index in [0.717, 1.165) is 16.9 Å². The van der Waals surface area contributed by atoms with E-state index in [-0.39, 0.29) is 22.0 Å². The van der Waals surface area contributed by atoms with Gasteiger partial charge in [0.05, 0.1) is 12.2 Å². The summed E-state index contributed by atoms with van der Waals surface area (Å²) in [6.45, 7) is 3.49. The first-order valence-corrected chi connectivity index (χ1v) is 8.40. The van der Waals surface area contributed by atoms with Gasteiger partial charge in [-0.3, -0.25) is 9.59 Å². The third kappa shape index (κ3) is 4.54. The Morgan fingerprint density at radius 1 is 1.24 bits per heavy atom. The molecule has 1 aromatic carbocycles. The first kappa shape index (κ1) is 18.4. The number of rotatable bonds is 6. The molecule has 2 aromatic rings. The second kappa shape index (κ2) is 8.25. The van der Waals surface area contributed by atoms with Crippen LogP contribution in [0.3, 0.4) is 0 Å². The first-order chi connectivity index (χ1) is 11.9. The number of hydrogen-bond acceptors (Lipinski definition) is 5. The van der Waals surface area contributed by atoms with E-state index in [1.165, 1.54) is 6.08 Å². The van der Waals surface area contributed by atoms with Crippen molar-refractivity contribution in [2.45, 2.75) is 13.8 Å². The molecule has 0 aliphatic heterocycles. The lowest BCUT2D eigenvalue weighted by molar-refractivity contribution is -0.111. The highest BCUT2D eigenvalue weighted by Crippen LogP contribution is 2.33. The average molecular weight is 358 g/mol. The molecule has 1 aromatic heterocycles. The van der Waals surface area contributed by atoms with Crippen LogP contribution in [0.1, 0.15) is 38.1 Å². The van der Waals surface area contributed by atoms with Gasteiger partial charge in [-0.25, -0.2) is 4.79 Å². The number of thiophene rings is 1. The van der Waals surface area contributed by atoms with Crippen LogP contribution < -0.4 is 11.1 Å². The average Bonchev–Trinajstić information content (AvgIpc) is 2.90. The molecule has 2 rings (SSSR count). The maximum atomic E-state index is 12.1. The van der Waals surface area contributed by atoms with Crippen molar-refractivity contribution < 1.29 is 19.1 Å². The van der Waals surface area contributed by atoms with Crippen LogP contribution in [0.5, 0.6) is 0 Å². The fourth-order valence-electron chi connectivity index (χ4n) is 2.18. The summed E-state index contributed by atoms with van der Waals surface area (Å²) in [6, 6.07) is 9.30. The van der Waals surface area contributed by atoms with Gasteiger partial charge in [0, 0.05) is 6.08 Å². The van der Waals surface area contributed by atoms with Gasteiger partial charge in [0.1, 0.15) is 9.88 Å². The number of hydrogen-bond donors (Lipinski definition) is 2. The summed E-state index contributed by atoms with van der Waals surface area (Å²) >= 11 is 0.971. The van der Waals surface area contributed by atoms with Gasteiger partial charge in [-0.2, -0.15) is 0 Å². The Morgan fingerprint density at radius 3 is 2.52 bits per heavy atom. The van der Waals surface area contributed by atoms with Crippen molar-refractivity contribution in [3.8, 4) is 0 Å². The van der Waals surface area contributed by atoms with Crippen molar-refractivity contribution >= 4 is 40.2 Å². The zero-order valence-electron chi connectivity index (χ0n) is 13.9. The summed E-state index contributed by atoms with van der Waals surface area (Å²) in [4.78, 5) is 36.0. The third-order valence-corrected chi connectivity index (χ3v) is 4.50. The van der Waals surface area contributed by atoms with Crippen molar-refractivity contribution in [3.05, 3.63) is 58.0 Å².